The summed E-state index contributed by atoms with van der Waals surface area (Å²) < 4.78 is 0. The lowest BCUT2D eigenvalue weighted by atomic mass is 9.97. The first-order chi connectivity index (χ1) is 4.18. The zero-order valence-electron chi connectivity index (χ0n) is 6.70. The van der Waals surface area contributed by atoms with Crippen molar-refractivity contribution < 1.29 is 0 Å². The Hall–Kier alpha value is -0.0800. The molecule has 0 spiro atoms. The normalized spacial score (nSPS) is 17.3. The molecule has 0 heterocycles. The fourth-order valence-corrected chi connectivity index (χ4v) is 0.881. The van der Waals surface area contributed by atoms with Gasteiger partial charge in [-0.1, -0.05) is 13.3 Å². The van der Waals surface area contributed by atoms with Crippen molar-refractivity contribution in [3.63, 3.8) is 0 Å². The van der Waals surface area contributed by atoms with Crippen LogP contribution in [0.4, 0.5) is 0 Å². The van der Waals surface area contributed by atoms with Crippen molar-refractivity contribution in [2.24, 2.45) is 5.73 Å². The average molecular weight is 130 g/mol. The Morgan fingerprint density at radius 3 is 2.22 bits per heavy atom. The number of nitrogens with one attached hydrogen (secondary N) is 1. The van der Waals surface area contributed by atoms with Crippen molar-refractivity contribution in [2.45, 2.75) is 32.2 Å². The van der Waals surface area contributed by atoms with Gasteiger partial charge in [0.15, 0.2) is 0 Å². The van der Waals surface area contributed by atoms with Crippen LogP contribution >= 0.6 is 0 Å². The Labute approximate surface area is 57.8 Å². The minimum atomic E-state index is 0.161. The molecule has 0 aromatic heterocycles. The quantitative estimate of drug-likeness (QED) is 0.588. The molecule has 56 valence electrons. The Morgan fingerprint density at radius 2 is 2.11 bits per heavy atom. The maximum absolute atomic E-state index is 5.54. The molecule has 2 nitrogen and oxygen atoms in total. The van der Waals surface area contributed by atoms with E-state index in [0.717, 1.165) is 13.0 Å². The summed E-state index contributed by atoms with van der Waals surface area (Å²) in [5.74, 6) is 0. The molecule has 2 heteroatoms. The molecule has 0 aliphatic rings. The van der Waals surface area contributed by atoms with Gasteiger partial charge in [-0.3, -0.25) is 0 Å². The van der Waals surface area contributed by atoms with E-state index in [2.05, 4.69) is 19.2 Å². The van der Waals surface area contributed by atoms with E-state index in [0.29, 0.717) is 0 Å². The molecule has 0 bridgehead atoms. The van der Waals surface area contributed by atoms with Gasteiger partial charge in [-0.2, -0.15) is 0 Å². The van der Waals surface area contributed by atoms with Crippen molar-refractivity contribution in [1.29, 1.82) is 0 Å². The molecular weight excluding hydrogens is 112 g/mol. The predicted octanol–water partition coefficient (Wildman–Crippen LogP) is 0.723. The van der Waals surface area contributed by atoms with Crippen molar-refractivity contribution in [2.75, 3.05) is 13.6 Å². The largest absolute Gasteiger partial charge is 0.329 e. The van der Waals surface area contributed by atoms with Gasteiger partial charge in [0.25, 0.3) is 0 Å². The fraction of sp³-hybridized carbons (Fsp3) is 1.00. The summed E-state index contributed by atoms with van der Waals surface area (Å²) in [5.41, 5.74) is 5.70. The van der Waals surface area contributed by atoms with Crippen LogP contribution in [0.1, 0.15) is 26.7 Å². The molecule has 0 rings (SSSR count). The molecule has 0 amide bonds. The molecule has 0 aliphatic heterocycles. The Bertz CT molecular complexity index is 67.3. The van der Waals surface area contributed by atoms with E-state index in [-0.39, 0.29) is 5.54 Å². The first-order valence-corrected chi connectivity index (χ1v) is 3.57. The van der Waals surface area contributed by atoms with Crippen LogP contribution in [0.25, 0.3) is 0 Å². The second-order valence-electron chi connectivity index (χ2n) is 2.76. The van der Waals surface area contributed by atoms with Gasteiger partial charge in [0.1, 0.15) is 0 Å². The molecule has 0 aliphatic carbocycles. The topological polar surface area (TPSA) is 38.0 Å². The molecule has 1 atom stereocenters. The summed E-state index contributed by atoms with van der Waals surface area (Å²) in [6.07, 6.45) is 2.34. The molecule has 0 aromatic carbocycles. The number of hydrogen-bond donors (Lipinski definition) is 2. The lowest BCUT2D eigenvalue weighted by Crippen LogP contribution is -2.46. The number of rotatable bonds is 4. The van der Waals surface area contributed by atoms with E-state index in [1.54, 1.807) is 0 Å². The first kappa shape index (κ1) is 8.92. The van der Waals surface area contributed by atoms with Crippen LogP contribution in [-0.4, -0.2) is 19.1 Å². The van der Waals surface area contributed by atoms with Gasteiger partial charge >= 0.3 is 0 Å². The van der Waals surface area contributed by atoms with Gasteiger partial charge in [0.2, 0.25) is 0 Å². The van der Waals surface area contributed by atoms with E-state index in [4.69, 9.17) is 5.73 Å². The Morgan fingerprint density at radius 1 is 1.56 bits per heavy atom. The molecule has 0 saturated heterocycles. The predicted molar refractivity (Wildman–Crippen MR) is 41.4 cm³/mol. The van der Waals surface area contributed by atoms with Crippen molar-refractivity contribution in [3.05, 3.63) is 0 Å². The van der Waals surface area contributed by atoms with Crippen molar-refractivity contribution in [3.8, 4) is 0 Å². The summed E-state index contributed by atoms with van der Waals surface area (Å²) in [6.45, 7) is 5.04. The van der Waals surface area contributed by atoms with Crippen LogP contribution < -0.4 is 11.1 Å². The zero-order chi connectivity index (χ0) is 7.33. The standard InChI is InChI=1S/C7H18N2/c1-4-5-7(2,6-8)9-3/h9H,4-6,8H2,1-3H3. The van der Waals surface area contributed by atoms with Crippen LogP contribution in [-0.2, 0) is 0 Å². The van der Waals surface area contributed by atoms with Gasteiger partial charge in [-0.15, -0.1) is 0 Å². The summed E-state index contributed by atoms with van der Waals surface area (Å²) in [5, 5.41) is 3.20. The molecule has 0 aromatic rings. The molecule has 1 unspecified atom stereocenters. The highest BCUT2D eigenvalue weighted by Crippen LogP contribution is 2.08. The van der Waals surface area contributed by atoms with E-state index in [1.807, 2.05) is 7.05 Å². The minimum Gasteiger partial charge on any atom is -0.329 e. The number of nitrogens with two attached hydrogens (primary N) is 1. The second kappa shape index (κ2) is 3.85. The molecule has 3 N–H and O–H groups in total. The number of hydrogen-bond acceptors (Lipinski definition) is 2. The van der Waals surface area contributed by atoms with E-state index in [1.165, 1.54) is 6.42 Å². The van der Waals surface area contributed by atoms with E-state index >= 15 is 0 Å². The monoisotopic (exact) mass is 130 g/mol. The lowest BCUT2D eigenvalue weighted by Gasteiger charge is -2.26. The summed E-state index contributed by atoms with van der Waals surface area (Å²) in [7, 11) is 1.96. The highest BCUT2D eigenvalue weighted by atomic mass is 14.9. The van der Waals surface area contributed by atoms with Gasteiger partial charge in [0.05, 0.1) is 0 Å². The third kappa shape index (κ3) is 2.82. The van der Waals surface area contributed by atoms with Gasteiger partial charge in [0, 0.05) is 12.1 Å². The summed E-state index contributed by atoms with van der Waals surface area (Å²) in [6, 6.07) is 0. The molecule has 0 fully saturated rings. The lowest BCUT2D eigenvalue weighted by molar-refractivity contribution is 0.363. The molecule has 0 saturated carbocycles. The van der Waals surface area contributed by atoms with E-state index in [9.17, 15) is 0 Å². The molecular formula is C7H18N2. The average Bonchev–Trinajstić information content (AvgIpc) is 1.89. The van der Waals surface area contributed by atoms with Crippen LogP contribution in [0.15, 0.2) is 0 Å². The third-order valence-electron chi connectivity index (χ3n) is 1.86. The number of likely N-dealkylation sites (N-methyl/N-ethyl adjacent to an activating group) is 1. The van der Waals surface area contributed by atoms with E-state index < -0.39 is 0 Å². The van der Waals surface area contributed by atoms with Gasteiger partial charge in [-0.25, -0.2) is 0 Å². The first-order valence-electron chi connectivity index (χ1n) is 3.57. The Balaban J connectivity index is 3.62. The fourth-order valence-electron chi connectivity index (χ4n) is 0.881. The van der Waals surface area contributed by atoms with Crippen LogP contribution in [0.5, 0.6) is 0 Å². The Kier molecular flexibility index (Phi) is 3.82. The SMILES string of the molecule is CCCC(C)(CN)NC. The van der Waals surface area contributed by atoms with Crippen LogP contribution in [0.2, 0.25) is 0 Å². The highest BCUT2D eigenvalue weighted by molar-refractivity contribution is 4.81. The highest BCUT2D eigenvalue weighted by Gasteiger charge is 2.17. The van der Waals surface area contributed by atoms with Gasteiger partial charge in [-0.05, 0) is 20.4 Å². The minimum absolute atomic E-state index is 0.161. The maximum Gasteiger partial charge on any atom is 0.0272 e. The van der Waals surface area contributed by atoms with Crippen molar-refractivity contribution in [1.82, 2.24) is 5.32 Å². The van der Waals surface area contributed by atoms with Gasteiger partial charge < -0.3 is 11.1 Å². The smallest absolute Gasteiger partial charge is 0.0272 e. The van der Waals surface area contributed by atoms with Crippen LogP contribution in [0, 0.1) is 0 Å². The summed E-state index contributed by atoms with van der Waals surface area (Å²) in [4.78, 5) is 0. The molecule has 0 radical (unpaired) electrons. The third-order valence-corrected chi connectivity index (χ3v) is 1.86. The summed E-state index contributed by atoms with van der Waals surface area (Å²) >= 11 is 0. The maximum atomic E-state index is 5.54. The van der Waals surface area contributed by atoms with Crippen molar-refractivity contribution >= 4 is 0 Å². The molecule has 9 heavy (non-hydrogen) atoms. The zero-order valence-corrected chi connectivity index (χ0v) is 6.70. The van der Waals surface area contributed by atoms with Crippen LogP contribution in [0.3, 0.4) is 0 Å². The second-order valence-corrected chi connectivity index (χ2v) is 2.76.